The molecule has 1 unspecified atom stereocenters. The van der Waals surface area contributed by atoms with E-state index in [1.54, 1.807) is 12.1 Å². The third-order valence-corrected chi connectivity index (χ3v) is 4.50. The van der Waals surface area contributed by atoms with E-state index in [1.807, 2.05) is 0 Å². The van der Waals surface area contributed by atoms with Crippen molar-refractivity contribution in [2.45, 2.75) is 13.0 Å². The van der Waals surface area contributed by atoms with Gasteiger partial charge in [0, 0.05) is 11.4 Å². The molecule has 0 aromatic carbocycles. The fourth-order valence-corrected chi connectivity index (χ4v) is 2.58. The van der Waals surface area contributed by atoms with Gasteiger partial charge in [0.2, 0.25) is 10.0 Å². The summed E-state index contributed by atoms with van der Waals surface area (Å²) in [5, 5.41) is 9.62. The minimum atomic E-state index is -3.25. The lowest BCUT2D eigenvalue weighted by atomic mass is 10.3. The summed E-state index contributed by atoms with van der Waals surface area (Å²) in [6.45, 7) is 1.52. The predicted octanol–water partition coefficient (Wildman–Crippen LogP) is 1.37. The third kappa shape index (κ3) is 4.08. The molecule has 0 saturated heterocycles. The van der Waals surface area contributed by atoms with E-state index in [1.165, 1.54) is 18.3 Å². The minimum Gasteiger partial charge on any atom is -0.386 e. The summed E-state index contributed by atoms with van der Waals surface area (Å²) < 4.78 is 25.1. The van der Waals surface area contributed by atoms with Gasteiger partial charge in [-0.05, 0) is 19.1 Å². The quantitative estimate of drug-likeness (QED) is 0.849. The van der Waals surface area contributed by atoms with Gasteiger partial charge in [0.15, 0.2) is 0 Å². The number of hydrogen-bond donors (Lipinski definition) is 2. The fraction of sp³-hybridized carbons (Fsp3) is 0.500. The van der Waals surface area contributed by atoms with E-state index in [9.17, 15) is 13.5 Å². The van der Waals surface area contributed by atoms with Crippen molar-refractivity contribution in [3.63, 3.8) is 0 Å². The molecule has 0 spiro atoms. The standard InChI is InChI=1S/C8H12ClNO3S2/c1-2-15(12,13)10-5-6(11)7-3-4-8(9)14-7/h3-4,6,10-11H,2,5H2,1H3. The van der Waals surface area contributed by atoms with Gasteiger partial charge in [0.25, 0.3) is 0 Å². The Kier molecular flexibility index (Phi) is 4.54. The number of aliphatic hydroxyl groups excluding tert-OH is 1. The Morgan fingerprint density at radius 1 is 1.60 bits per heavy atom. The average molecular weight is 270 g/mol. The highest BCUT2D eigenvalue weighted by Crippen LogP contribution is 2.26. The Hall–Kier alpha value is -0.140. The molecule has 1 atom stereocenters. The number of halogens is 1. The summed E-state index contributed by atoms with van der Waals surface area (Å²) >= 11 is 6.93. The number of nitrogens with one attached hydrogen (secondary N) is 1. The number of thiophene rings is 1. The molecule has 0 radical (unpaired) electrons. The van der Waals surface area contributed by atoms with Crippen LogP contribution in [0.1, 0.15) is 17.9 Å². The maximum atomic E-state index is 11.1. The first kappa shape index (κ1) is 12.9. The molecule has 86 valence electrons. The zero-order valence-electron chi connectivity index (χ0n) is 8.10. The average Bonchev–Trinajstić information content (AvgIpc) is 2.61. The molecule has 1 aromatic heterocycles. The van der Waals surface area contributed by atoms with Crippen LogP contribution in [-0.4, -0.2) is 25.8 Å². The zero-order chi connectivity index (χ0) is 11.5. The van der Waals surface area contributed by atoms with Crippen LogP contribution in [0.4, 0.5) is 0 Å². The molecule has 0 aliphatic rings. The molecule has 2 N–H and O–H groups in total. The Labute approximate surface area is 97.9 Å². The lowest BCUT2D eigenvalue weighted by Crippen LogP contribution is -2.29. The molecule has 0 aliphatic heterocycles. The third-order valence-electron chi connectivity index (χ3n) is 1.80. The Balaban J connectivity index is 2.54. The van der Waals surface area contributed by atoms with Crippen LogP contribution in [0.15, 0.2) is 12.1 Å². The van der Waals surface area contributed by atoms with Gasteiger partial charge >= 0.3 is 0 Å². The second kappa shape index (κ2) is 5.27. The predicted molar refractivity (Wildman–Crippen MR) is 61.8 cm³/mol. The van der Waals surface area contributed by atoms with Crippen LogP contribution in [0.3, 0.4) is 0 Å². The first-order chi connectivity index (χ1) is 6.94. The molecule has 0 fully saturated rings. The highest BCUT2D eigenvalue weighted by molar-refractivity contribution is 7.89. The number of sulfonamides is 1. The SMILES string of the molecule is CCS(=O)(=O)NCC(O)c1ccc(Cl)s1. The minimum absolute atomic E-state index is 0.00488. The molecule has 1 heterocycles. The number of rotatable bonds is 5. The highest BCUT2D eigenvalue weighted by atomic mass is 35.5. The Morgan fingerprint density at radius 2 is 2.27 bits per heavy atom. The summed E-state index contributed by atoms with van der Waals surface area (Å²) in [7, 11) is -3.25. The Bertz CT molecular complexity index is 415. The van der Waals surface area contributed by atoms with Gasteiger partial charge in [0.1, 0.15) is 6.10 Å². The molecule has 0 bridgehead atoms. The topological polar surface area (TPSA) is 66.4 Å². The monoisotopic (exact) mass is 269 g/mol. The molecular weight excluding hydrogens is 258 g/mol. The molecule has 0 aliphatic carbocycles. The normalized spacial score (nSPS) is 14.1. The van der Waals surface area contributed by atoms with E-state index >= 15 is 0 Å². The molecular formula is C8H12ClNO3S2. The Morgan fingerprint density at radius 3 is 2.73 bits per heavy atom. The molecule has 15 heavy (non-hydrogen) atoms. The van der Waals surface area contributed by atoms with E-state index in [2.05, 4.69) is 4.72 Å². The zero-order valence-corrected chi connectivity index (χ0v) is 10.5. The van der Waals surface area contributed by atoms with E-state index in [-0.39, 0.29) is 12.3 Å². The van der Waals surface area contributed by atoms with Gasteiger partial charge in [-0.2, -0.15) is 0 Å². The molecule has 0 saturated carbocycles. The van der Waals surface area contributed by atoms with Gasteiger partial charge in [-0.1, -0.05) is 11.6 Å². The largest absolute Gasteiger partial charge is 0.386 e. The second-order valence-corrected chi connectivity index (χ2v) is 6.75. The first-order valence-corrected chi connectivity index (χ1v) is 7.20. The fourth-order valence-electron chi connectivity index (χ4n) is 0.916. The van der Waals surface area contributed by atoms with Gasteiger partial charge in [-0.3, -0.25) is 0 Å². The van der Waals surface area contributed by atoms with Crippen molar-refractivity contribution in [1.29, 1.82) is 0 Å². The maximum Gasteiger partial charge on any atom is 0.211 e. The lowest BCUT2D eigenvalue weighted by molar-refractivity contribution is 0.186. The molecule has 7 heteroatoms. The van der Waals surface area contributed by atoms with E-state index < -0.39 is 16.1 Å². The smallest absolute Gasteiger partial charge is 0.211 e. The summed E-state index contributed by atoms with van der Waals surface area (Å²) in [6, 6.07) is 3.34. The van der Waals surface area contributed by atoms with Crippen LogP contribution >= 0.6 is 22.9 Å². The van der Waals surface area contributed by atoms with Gasteiger partial charge in [-0.25, -0.2) is 13.1 Å². The van der Waals surface area contributed by atoms with Crippen molar-refractivity contribution in [2.75, 3.05) is 12.3 Å². The van der Waals surface area contributed by atoms with Crippen molar-refractivity contribution in [3.8, 4) is 0 Å². The van der Waals surface area contributed by atoms with Gasteiger partial charge < -0.3 is 5.11 Å². The summed E-state index contributed by atoms with van der Waals surface area (Å²) in [4.78, 5) is 0.652. The van der Waals surface area contributed by atoms with Crippen LogP contribution < -0.4 is 4.72 Å². The van der Waals surface area contributed by atoms with Crippen molar-refractivity contribution < 1.29 is 13.5 Å². The first-order valence-electron chi connectivity index (χ1n) is 4.35. The van der Waals surface area contributed by atoms with Crippen LogP contribution in [0, 0.1) is 0 Å². The van der Waals surface area contributed by atoms with E-state index in [0.29, 0.717) is 9.21 Å². The summed E-state index contributed by atoms with van der Waals surface area (Å²) in [5.41, 5.74) is 0. The maximum absolute atomic E-state index is 11.1. The van der Waals surface area contributed by atoms with Crippen LogP contribution in [0.25, 0.3) is 0 Å². The van der Waals surface area contributed by atoms with Crippen molar-refractivity contribution in [3.05, 3.63) is 21.3 Å². The van der Waals surface area contributed by atoms with Crippen LogP contribution in [0.2, 0.25) is 4.34 Å². The van der Waals surface area contributed by atoms with Crippen LogP contribution in [0.5, 0.6) is 0 Å². The lowest BCUT2D eigenvalue weighted by Gasteiger charge is -2.09. The van der Waals surface area contributed by atoms with Crippen molar-refractivity contribution in [2.24, 2.45) is 0 Å². The number of aliphatic hydroxyl groups is 1. The molecule has 1 rings (SSSR count). The van der Waals surface area contributed by atoms with E-state index in [4.69, 9.17) is 11.6 Å². The summed E-state index contributed by atoms with van der Waals surface area (Å²) in [5.74, 6) is 0.00488. The number of hydrogen-bond acceptors (Lipinski definition) is 4. The molecule has 4 nitrogen and oxygen atoms in total. The van der Waals surface area contributed by atoms with Crippen LogP contribution in [-0.2, 0) is 10.0 Å². The molecule has 1 aromatic rings. The van der Waals surface area contributed by atoms with Crippen molar-refractivity contribution in [1.82, 2.24) is 4.72 Å². The molecule has 0 amide bonds. The van der Waals surface area contributed by atoms with Gasteiger partial charge in [-0.15, -0.1) is 11.3 Å². The second-order valence-electron chi connectivity index (χ2n) is 2.91. The van der Waals surface area contributed by atoms with E-state index in [0.717, 1.165) is 0 Å². The highest BCUT2D eigenvalue weighted by Gasteiger charge is 2.13. The van der Waals surface area contributed by atoms with Crippen molar-refractivity contribution >= 4 is 33.0 Å². The summed E-state index contributed by atoms with van der Waals surface area (Å²) in [6.07, 6.45) is -0.844. The van der Waals surface area contributed by atoms with Gasteiger partial charge in [0.05, 0.1) is 10.1 Å².